The highest BCUT2D eigenvalue weighted by molar-refractivity contribution is 6.33. The van der Waals surface area contributed by atoms with Crippen molar-refractivity contribution < 1.29 is 9.53 Å². The topological polar surface area (TPSA) is 47.4 Å². The summed E-state index contributed by atoms with van der Waals surface area (Å²) in [5, 5.41) is 1.32. The van der Waals surface area contributed by atoms with Gasteiger partial charge in [0.2, 0.25) is 5.91 Å². The third-order valence-electron chi connectivity index (χ3n) is 6.24. The second kappa shape index (κ2) is 9.69. The van der Waals surface area contributed by atoms with E-state index in [0.717, 1.165) is 51.8 Å². The van der Waals surface area contributed by atoms with Gasteiger partial charge in [0.25, 0.3) is 0 Å². The van der Waals surface area contributed by atoms with Crippen LogP contribution in [0.4, 0.5) is 5.69 Å². The number of fused-ring (bicyclic) bond motifs is 1. The van der Waals surface area contributed by atoms with E-state index in [4.69, 9.17) is 32.9 Å². The number of halogens is 2. The summed E-state index contributed by atoms with van der Waals surface area (Å²) in [6.07, 6.45) is 1.22. The number of rotatable bonds is 7. The van der Waals surface area contributed by atoms with Crippen LogP contribution in [0, 0.1) is 6.92 Å². The first-order valence-corrected chi connectivity index (χ1v) is 12.2. The molecule has 0 bridgehead atoms. The van der Waals surface area contributed by atoms with Gasteiger partial charge in [0.1, 0.15) is 11.6 Å². The number of benzene rings is 3. The Kier molecular flexibility index (Phi) is 6.48. The lowest BCUT2D eigenvalue weighted by Crippen LogP contribution is -2.24. The Balaban J connectivity index is 1.34. The zero-order valence-electron chi connectivity index (χ0n) is 18.9. The molecule has 1 atom stereocenters. The van der Waals surface area contributed by atoms with E-state index in [0.29, 0.717) is 24.6 Å². The van der Waals surface area contributed by atoms with Gasteiger partial charge >= 0.3 is 0 Å². The van der Waals surface area contributed by atoms with Crippen LogP contribution in [0.3, 0.4) is 0 Å². The van der Waals surface area contributed by atoms with E-state index in [1.54, 1.807) is 4.90 Å². The molecule has 3 aromatic carbocycles. The highest BCUT2D eigenvalue weighted by atomic mass is 35.5. The van der Waals surface area contributed by atoms with Crippen LogP contribution in [-0.2, 0) is 11.3 Å². The van der Waals surface area contributed by atoms with Gasteiger partial charge < -0.3 is 14.2 Å². The number of imidazole rings is 1. The monoisotopic (exact) mass is 493 g/mol. The number of anilines is 1. The molecule has 5 rings (SSSR count). The van der Waals surface area contributed by atoms with Crippen LogP contribution in [0.15, 0.2) is 66.7 Å². The van der Waals surface area contributed by atoms with Crippen LogP contribution in [-0.4, -0.2) is 28.6 Å². The van der Waals surface area contributed by atoms with Gasteiger partial charge in [-0.2, -0.15) is 0 Å². The first-order valence-electron chi connectivity index (χ1n) is 11.4. The number of amides is 1. The largest absolute Gasteiger partial charge is 0.494 e. The molecular weight excluding hydrogens is 469 g/mol. The number of carbonyl (C=O) groups excluding carboxylic acids is 1. The van der Waals surface area contributed by atoms with E-state index >= 15 is 0 Å². The number of nitrogens with zero attached hydrogens (tertiary/aromatic N) is 3. The molecule has 0 spiro atoms. The molecule has 0 aliphatic carbocycles. The summed E-state index contributed by atoms with van der Waals surface area (Å²) < 4.78 is 8.19. The smallest absolute Gasteiger partial charge is 0.227 e. The van der Waals surface area contributed by atoms with Crippen molar-refractivity contribution in [1.29, 1.82) is 0 Å². The molecule has 1 unspecified atom stereocenters. The Bertz CT molecular complexity index is 1350. The lowest BCUT2D eigenvalue weighted by molar-refractivity contribution is -0.117. The number of para-hydroxylation sites is 3. The zero-order valence-corrected chi connectivity index (χ0v) is 20.4. The molecule has 7 heteroatoms. The quantitative estimate of drug-likeness (QED) is 0.271. The van der Waals surface area contributed by atoms with Crippen molar-refractivity contribution in [2.75, 3.05) is 18.1 Å². The predicted octanol–water partition coefficient (Wildman–Crippen LogP) is 6.64. The lowest BCUT2D eigenvalue weighted by atomic mass is 10.1. The van der Waals surface area contributed by atoms with Crippen molar-refractivity contribution in [3.8, 4) is 5.75 Å². The second-order valence-corrected chi connectivity index (χ2v) is 9.39. The summed E-state index contributed by atoms with van der Waals surface area (Å²) in [5.41, 5.74) is 3.76. The number of carbonyl (C=O) groups is 1. The summed E-state index contributed by atoms with van der Waals surface area (Å²) in [7, 11) is 0. The van der Waals surface area contributed by atoms with Crippen LogP contribution in [0.1, 0.15) is 30.1 Å². The number of aryl methyl sites for hydroxylation is 2. The van der Waals surface area contributed by atoms with Gasteiger partial charge in [-0.15, -0.1) is 0 Å². The standard InChI is InChI=1S/C27H25Cl2N3O2/c1-18-15-20(11-12-21(18)28)34-14-6-13-31-25-10-5-3-8-23(25)30-27(31)19-16-26(33)32(17-19)24-9-4-2-7-22(24)29/h2-5,7-12,15,19H,6,13-14,16-17H2,1H3. The Labute approximate surface area is 208 Å². The second-order valence-electron chi connectivity index (χ2n) is 8.58. The SMILES string of the molecule is Cc1cc(OCCCn2c(C3CC(=O)N(c4ccccc4Cl)C3)nc3ccccc32)ccc1Cl. The molecule has 1 saturated heterocycles. The van der Waals surface area contributed by atoms with E-state index in [1.807, 2.05) is 67.6 Å². The van der Waals surface area contributed by atoms with Crippen molar-refractivity contribution >= 4 is 45.8 Å². The Morgan fingerprint density at radius 3 is 2.65 bits per heavy atom. The highest BCUT2D eigenvalue weighted by Crippen LogP contribution is 2.36. The third kappa shape index (κ3) is 4.50. The molecule has 1 amide bonds. The van der Waals surface area contributed by atoms with Crippen molar-refractivity contribution in [2.24, 2.45) is 0 Å². The molecule has 4 aromatic rings. The number of aromatic nitrogens is 2. The van der Waals surface area contributed by atoms with Gasteiger partial charge in [0.05, 0.1) is 28.4 Å². The third-order valence-corrected chi connectivity index (χ3v) is 6.99. The maximum absolute atomic E-state index is 12.9. The molecule has 0 saturated carbocycles. The molecule has 1 fully saturated rings. The number of hydrogen-bond acceptors (Lipinski definition) is 3. The molecule has 1 aliphatic rings. The first kappa shape index (κ1) is 22.8. The fourth-order valence-electron chi connectivity index (χ4n) is 4.54. The maximum Gasteiger partial charge on any atom is 0.227 e. The van der Waals surface area contributed by atoms with Crippen molar-refractivity contribution in [1.82, 2.24) is 9.55 Å². The van der Waals surface area contributed by atoms with Gasteiger partial charge in [0.15, 0.2) is 0 Å². The molecule has 1 aliphatic heterocycles. The summed E-state index contributed by atoms with van der Waals surface area (Å²) in [4.78, 5) is 19.6. The van der Waals surface area contributed by atoms with Gasteiger partial charge in [-0.05, 0) is 61.4 Å². The summed E-state index contributed by atoms with van der Waals surface area (Å²) in [6, 6.07) is 21.3. The maximum atomic E-state index is 12.9. The van der Waals surface area contributed by atoms with Crippen LogP contribution in [0.2, 0.25) is 10.0 Å². The molecule has 34 heavy (non-hydrogen) atoms. The average molecular weight is 494 g/mol. The minimum Gasteiger partial charge on any atom is -0.494 e. The Morgan fingerprint density at radius 2 is 1.82 bits per heavy atom. The minimum absolute atomic E-state index is 0.00370. The highest BCUT2D eigenvalue weighted by Gasteiger charge is 2.35. The Morgan fingerprint density at radius 1 is 1.03 bits per heavy atom. The summed E-state index contributed by atoms with van der Waals surface area (Å²) in [5.74, 6) is 1.81. The van der Waals surface area contributed by atoms with Gasteiger partial charge in [-0.25, -0.2) is 4.98 Å². The van der Waals surface area contributed by atoms with Crippen molar-refractivity contribution in [3.63, 3.8) is 0 Å². The molecule has 5 nitrogen and oxygen atoms in total. The first-order chi connectivity index (χ1) is 16.5. The fraction of sp³-hybridized carbons (Fsp3) is 0.259. The van der Waals surface area contributed by atoms with Crippen LogP contribution in [0.25, 0.3) is 11.0 Å². The minimum atomic E-state index is -0.00370. The fourth-order valence-corrected chi connectivity index (χ4v) is 4.90. The van der Waals surface area contributed by atoms with Crippen LogP contribution < -0.4 is 9.64 Å². The van der Waals surface area contributed by atoms with E-state index < -0.39 is 0 Å². The Hall–Kier alpha value is -3.02. The summed E-state index contributed by atoms with van der Waals surface area (Å²) >= 11 is 12.5. The lowest BCUT2D eigenvalue weighted by Gasteiger charge is -2.18. The van der Waals surface area contributed by atoms with Crippen LogP contribution >= 0.6 is 23.2 Å². The normalized spacial score (nSPS) is 15.9. The van der Waals surface area contributed by atoms with Gasteiger partial charge in [-0.3, -0.25) is 4.79 Å². The van der Waals surface area contributed by atoms with Gasteiger partial charge in [-0.1, -0.05) is 47.5 Å². The van der Waals surface area contributed by atoms with E-state index in [9.17, 15) is 4.79 Å². The van der Waals surface area contributed by atoms with E-state index in [1.165, 1.54) is 0 Å². The molecule has 174 valence electrons. The summed E-state index contributed by atoms with van der Waals surface area (Å²) in [6.45, 7) is 3.85. The zero-order chi connectivity index (χ0) is 23.7. The van der Waals surface area contributed by atoms with Gasteiger partial charge in [0, 0.05) is 30.5 Å². The molecule has 1 aromatic heterocycles. The van der Waals surface area contributed by atoms with E-state index in [2.05, 4.69) is 10.6 Å². The number of hydrogen-bond donors (Lipinski definition) is 0. The number of ether oxygens (including phenoxy) is 1. The average Bonchev–Trinajstić information content (AvgIpc) is 3.40. The van der Waals surface area contributed by atoms with Crippen LogP contribution in [0.5, 0.6) is 5.75 Å². The molecular formula is C27H25Cl2N3O2. The molecule has 0 N–H and O–H groups in total. The molecule has 2 heterocycles. The van der Waals surface area contributed by atoms with Crippen molar-refractivity contribution in [3.05, 3.63) is 88.2 Å². The predicted molar refractivity (Wildman–Crippen MR) is 137 cm³/mol. The van der Waals surface area contributed by atoms with E-state index in [-0.39, 0.29) is 11.8 Å². The molecule has 0 radical (unpaired) electrons. The van der Waals surface area contributed by atoms with Crippen molar-refractivity contribution in [2.45, 2.75) is 32.2 Å².